The molecule has 0 unspecified atom stereocenters. The summed E-state index contributed by atoms with van der Waals surface area (Å²) in [5.41, 5.74) is 1.69. The Morgan fingerprint density at radius 3 is 2.32 bits per heavy atom. The zero-order chi connectivity index (χ0) is 20.3. The van der Waals surface area contributed by atoms with Crippen molar-refractivity contribution in [3.63, 3.8) is 0 Å². The second kappa shape index (κ2) is 7.64. The normalized spacial score (nSPS) is 18.1. The minimum atomic E-state index is -1.63. The molecule has 1 aliphatic rings. The SMILES string of the molecule is CC(=O)c1ccc(NC(=O)[C@]2(CC(=O)O)CC(c3ccc(C)cc3)=NO2)cc1. The summed E-state index contributed by atoms with van der Waals surface area (Å²) in [5, 5.41) is 16.0. The average molecular weight is 380 g/mol. The number of rotatable bonds is 6. The van der Waals surface area contributed by atoms with E-state index in [2.05, 4.69) is 10.5 Å². The second-order valence-electron chi connectivity index (χ2n) is 6.82. The Hall–Kier alpha value is -3.48. The number of Topliss-reactive ketones (excluding diaryl/α,β-unsaturated/α-hetero) is 1. The Kier molecular flexibility index (Phi) is 5.26. The summed E-state index contributed by atoms with van der Waals surface area (Å²) in [6, 6.07) is 13.9. The fraction of sp³-hybridized carbons (Fsp3) is 0.238. The van der Waals surface area contributed by atoms with Crippen LogP contribution in [0.3, 0.4) is 0 Å². The van der Waals surface area contributed by atoms with Crippen LogP contribution in [-0.2, 0) is 14.4 Å². The van der Waals surface area contributed by atoms with Gasteiger partial charge in [0.15, 0.2) is 5.78 Å². The van der Waals surface area contributed by atoms with Gasteiger partial charge in [0.25, 0.3) is 5.91 Å². The third kappa shape index (κ3) is 4.09. The number of nitrogens with one attached hydrogen (secondary N) is 1. The molecule has 0 fully saturated rings. The predicted octanol–water partition coefficient (Wildman–Crippen LogP) is 3.17. The first-order valence-corrected chi connectivity index (χ1v) is 8.75. The van der Waals surface area contributed by atoms with E-state index in [1.165, 1.54) is 6.92 Å². The van der Waals surface area contributed by atoms with Crippen LogP contribution in [0.4, 0.5) is 5.69 Å². The van der Waals surface area contributed by atoms with E-state index in [0.29, 0.717) is 17.0 Å². The smallest absolute Gasteiger partial charge is 0.308 e. The molecule has 7 heteroatoms. The Balaban J connectivity index is 1.80. The maximum Gasteiger partial charge on any atom is 0.308 e. The number of carboxylic acid groups (broad SMARTS) is 1. The van der Waals surface area contributed by atoms with Gasteiger partial charge in [-0.2, -0.15) is 0 Å². The Morgan fingerprint density at radius 2 is 1.75 bits per heavy atom. The van der Waals surface area contributed by atoms with Crippen LogP contribution in [0.2, 0.25) is 0 Å². The van der Waals surface area contributed by atoms with Crippen molar-refractivity contribution in [3.05, 3.63) is 65.2 Å². The van der Waals surface area contributed by atoms with Crippen molar-refractivity contribution in [1.82, 2.24) is 0 Å². The molecule has 0 aliphatic carbocycles. The summed E-state index contributed by atoms with van der Waals surface area (Å²) in [6.45, 7) is 3.40. The number of oxime groups is 1. The summed E-state index contributed by atoms with van der Waals surface area (Å²) in [4.78, 5) is 41.0. The molecule has 0 saturated carbocycles. The van der Waals surface area contributed by atoms with E-state index in [9.17, 15) is 19.5 Å². The lowest BCUT2D eigenvalue weighted by molar-refractivity contribution is -0.152. The Morgan fingerprint density at radius 1 is 1.11 bits per heavy atom. The number of carboxylic acids is 1. The van der Waals surface area contributed by atoms with E-state index < -0.39 is 23.9 Å². The number of nitrogens with zero attached hydrogens (tertiary/aromatic N) is 1. The van der Waals surface area contributed by atoms with Crippen molar-refractivity contribution in [2.75, 3.05) is 5.32 Å². The van der Waals surface area contributed by atoms with Crippen LogP contribution in [-0.4, -0.2) is 34.1 Å². The minimum Gasteiger partial charge on any atom is -0.481 e. The predicted molar refractivity (Wildman–Crippen MR) is 103 cm³/mol. The van der Waals surface area contributed by atoms with E-state index in [1.54, 1.807) is 24.3 Å². The maximum atomic E-state index is 12.9. The van der Waals surface area contributed by atoms with Gasteiger partial charge in [-0.3, -0.25) is 14.4 Å². The molecule has 7 nitrogen and oxygen atoms in total. The van der Waals surface area contributed by atoms with Crippen LogP contribution in [0.25, 0.3) is 0 Å². The van der Waals surface area contributed by atoms with Crippen LogP contribution in [0.15, 0.2) is 53.7 Å². The third-order valence-electron chi connectivity index (χ3n) is 4.57. The first-order valence-electron chi connectivity index (χ1n) is 8.75. The molecule has 3 rings (SSSR count). The highest BCUT2D eigenvalue weighted by molar-refractivity contribution is 6.09. The van der Waals surface area contributed by atoms with E-state index in [-0.39, 0.29) is 12.2 Å². The largest absolute Gasteiger partial charge is 0.481 e. The van der Waals surface area contributed by atoms with Gasteiger partial charge in [0, 0.05) is 17.7 Å². The standard InChI is InChI=1S/C21H20N2O5/c1-13-3-5-16(6-4-13)18-11-21(28-23-18,12-19(25)26)20(27)22-17-9-7-15(8-10-17)14(2)24/h3-10H,11-12H2,1-2H3,(H,22,27)(H,25,26)/t21-/m1/s1. The number of anilines is 1. The molecule has 0 spiro atoms. The topological polar surface area (TPSA) is 105 Å². The third-order valence-corrected chi connectivity index (χ3v) is 4.57. The van der Waals surface area contributed by atoms with Crippen molar-refractivity contribution in [1.29, 1.82) is 0 Å². The fourth-order valence-electron chi connectivity index (χ4n) is 2.95. The molecule has 1 amide bonds. The summed E-state index contributed by atoms with van der Waals surface area (Å²) >= 11 is 0. The summed E-state index contributed by atoms with van der Waals surface area (Å²) in [5.74, 6) is -1.85. The van der Waals surface area contributed by atoms with Crippen LogP contribution in [0, 0.1) is 6.92 Å². The molecule has 2 N–H and O–H groups in total. The number of carbonyl (C=O) groups is 3. The molecule has 1 atom stereocenters. The number of aliphatic carboxylic acids is 1. The molecule has 2 aromatic rings. The van der Waals surface area contributed by atoms with Crippen LogP contribution in [0.1, 0.15) is 41.3 Å². The highest BCUT2D eigenvalue weighted by atomic mass is 16.7. The number of aryl methyl sites for hydroxylation is 1. The van der Waals surface area contributed by atoms with Crippen LogP contribution in [0.5, 0.6) is 0 Å². The first-order chi connectivity index (χ1) is 13.3. The van der Waals surface area contributed by atoms with Gasteiger partial charge in [-0.05, 0) is 43.7 Å². The molecule has 144 valence electrons. The van der Waals surface area contributed by atoms with Gasteiger partial charge in [-0.25, -0.2) is 0 Å². The van der Waals surface area contributed by atoms with Gasteiger partial charge < -0.3 is 15.3 Å². The molecule has 0 saturated heterocycles. The molecular formula is C21H20N2O5. The Labute approximate surface area is 162 Å². The summed E-state index contributed by atoms with van der Waals surface area (Å²) in [6.07, 6.45) is -0.483. The van der Waals surface area contributed by atoms with Gasteiger partial charge in [-0.1, -0.05) is 35.0 Å². The number of hydrogen-bond donors (Lipinski definition) is 2. The summed E-state index contributed by atoms with van der Waals surface area (Å²) in [7, 11) is 0. The number of benzene rings is 2. The quantitative estimate of drug-likeness (QED) is 0.749. The highest BCUT2D eigenvalue weighted by Gasteiger charge is 2.48. The number of ketones is 1. The van der Waals surface area contributed by atoms with Crippen molar-refractivity contribution < 1.29 is 24.3 Å². The lowest BCUT2D eigenvalue weighted by atomic mass is 9.90. The fourth-order valence-corrected chi connectivity index (χ4v) is 2.95. The van der Waals surface area contributed by atoms with Crippen molar-refractivity contribution in [2.24, 2.45) is 5.16 Å². The van der Waals surface area contributed by atoms with E-state index in [4.69, 9.17) is 4.84 Å². The molecule has 28 heavy (non-hydrogen) atoms. The van der Waals surface area contributed by atoms with E-state index in [1.807, 2.05) is 31.2 Å². The first kappa shape index (κ1) is 19.3. The zero-order valence-corrected chi connectivity index (χ0v) is 15.6. The lowest BCUT2D eigenvalue weighted by Gasteiger charge is -2.23. The monoisotopic (exact) mass is 380 g/mol. The van der Waals surface area contributed by atoms with Crippen molar-refractivity contribution in [3.8, 4) is 0 Å². The number of hydrogen-bond acceptors (Lipinski definition) is 5. The Bertz CT molecular complexity index is 948. The van der Waals surface area contributed by atoms with Crippen molar-refractivity contribution >= 4 is 29.1 Å². The van der Waals surface area contributed by atoms with Crippen molar-refractivity contribution in [2.45, 2.75) is 32.3 Å². The van der Waals surface area contributed by atoms with E-state index >= 15 is 0 Å². The molecule has 0 aromatic heterocycles. The van der Waals surface area contributed by atoms with E-state index in [0.717, 1.165) is 11.1 Å². The average Bonchev–Trinajstić information content (AvgIpc) is 3.07. The molecule has 0 bridgehead atoms. The highest BCUT2D eigenvalue weighted by Crippen LogP contribution is 2.32. The molecule has 0 radical (unpaired) electrons. The zero-order valence-electron chi connectivity index (χ0n) is 15.6. The van der Waals surface area contributed by atoms with Gasteiger partial charge in [0.1, 0.15) is 0 Å². The van der Waals surface area contributed by atoms with Crippen LogP contribution < -0.4 is 5.32 Å². The van der Waals surface area contributed by atoms with Crippen LogP contribution >= 0.6 is 0 Å². The number of amides is 1. The minimum absolute atomic E-state index is 0.0414. The van der Waals surface area contributed by atoms with Gasteiger partial charge in [0.2, 0.25) is 5.60 Å². The molecule has 1 aliphatic heterocycles. The lowest BCUT2D eigenvalue weighted by Crippen LogP contribution is -2.45. The second-order valence-corrected chi connectivity index (χ2v) is 6.82. The van der Waals surface area contributed by atoms with Gasteiger partial charge >= 0.3 is 5.97 Å². The molecule has 2 aromatic carbocycles. The van der Waals surface area contributed by atoms with Gasteiger partial charge in [-0.15, -0.1) is 0 Å². The number of carbonyl (C=O) groups excluding carboxylic acids is 2. The molecule has 1 heterocycles. The molecular weight excluding hydrogens is 360 g/mol. The van der Waals surface area contributed by atoms with Gasteiger partial charge in [0.05, 0.1) is 12.1 Å². The summed E-state index contributed by atoms with van der Waals surface area (Å²) < 4.78 is 0. The maximum absolute atomic E-state index is 12.9.